The second kappa shape index (κ2) is 8.85. The van der Waals surface area contributed by atoms with Crippen molar-refractivity contribution in [3.63, 3.8) is 0 Å². The molecule has 1 heterocycles. The van der Waals surface area contributed by atoms with Crippen molar-refractivity contribution in [3.8, 4) is 5.69 Å². The number of carbonyl (C=O) groups excluding carboxylic acids is 1. The summed E-state index contributed by atoms with van der Waals surface area (Å²) >= 11 is 0. The van der Waals surface area contributed by atoms with Crippen LogP contribution in [-0.2, 0) is 5.41 Å². The molecule has 0 bridgehead atoms. The molecule has 2 amide bonds. The maximum atomic E-state index is 12.2. The summed E-state index contributed by atoms with van der Waals surface area (Å²) in [7, 11) is 0. The van der Waals surface area contributed by atoms with Gasteiger partial charge in [-0.1, -0.05) is 38.5 Å². The molecular weight excluding hydrogens is 328 g/mol. The van der Waals surface area contributed by atoms with Crippen molar-refractivity contribution < 1.29 is 9.90 Å². The average molecular weight is 358 g/mol. The largest absolute Gasteiger partial charge is 0.396 e. The van der Waals surface area contributed by atoms with E-state index >= 15 is 0 Å². The van der Waals surface area contributed by atoms with Crippen LogP contribution >= 0.6 is 0 Å². The molecule has 0 spiro atoms. The van der Waals surface area contributed by atoms with Crippen molar-refractivity contribution in [1.82, 2.24) is 15.1 Å². The number of anilines is 1. The number of urea groups is 1. The van der Waals surface area contributed by atoms with Gasteiger partial charge in [-0.3, -0.25) is 5.32 Å². The molecule has 0 unspecified atom stereocenters. The first-order chi connectivity index (χ1) is 12.3. The van der Waals surface area contributed by atoms with Crippen molar-refractivity contribution in [2.24, 2.45) is 0 Å². The van der Waals surface area contributed by atoms with Crippen LogP contribution in [0.1, 0.15) is 51.3 Å². The Morgan fingerprint density at radius 3 is 2.46 bits per heavy atom. The molecule has 0 aliphatic heterocycles. The monoisotopic (exact) mass is 358 g/mol. The van der Waals surface area contributed by atoms with Gasteiger partial charge in [0.15, 0.2) is 0 Å². The Kier molecular flexibility index (Phi) is 6.80. The zero-order valence-corrected chi connectivity index (χ0v) is 16.2. The van der Waals surface area contributed by atoms with Crippen LogP contribution in [0.25, 0.3) is 5.69 Å². The number of hydrogen-bond donors (Lipinski definition) is 3. The van der Waals surface area contributed by atoms with E-state index in [-0.39, 0.29) is 18.1 Å². The smallest absolute Gasteiger partial charge is 0.320 e. The fourth-order valence-corrected chi connectivity index (χ4v) is 2.50. The Balaban J connectivity index is 2.14. The maximum Gasteiger partial charge on any atom is 0.320 e. The van der Waals surface area contributed by atoms with E-state index in [2.05, 4.69) is 31.4 Å². The average Bonchev–Trinajstić information content (AvgIpc) is 2.99. The van der Waals surface area contributed by atoms with Crippen LogP contribution in [0.3, 0.4) is 0 Å². The van der Waals surface area contributed by atoms with Crippen molar-refractivity contribution in [3.05, 3.63) is 41.6 Å². The fraction of sp³-hybridized carbons (Fsp3) is 0.500. The van der Waals surface area contributed by atoms with E-state index in [4.69, 9.17) is 10.2 Å². The topological polar surface area (TPSA) is 79.2 Å². The number of aliphatic hydroxyl groups is 1. The van der Waals surface area contributed by atoms with Gasteiger partial charge in [-0.15, -0.1) is 0 Å². The lowest BCUT2D eigenvalue weighted by molar-refractivity contribution is 0.251. The number of amides is 2. The molecule has 6 heteroatoms. The van der Waals surface area contributed by atoms with Crippen LogP contribution in [0.2, 0.25) is 0 Å². The molecule has 2 rings (SSSR count). The second-order valence-electron chi connectivity index (χ2n) is 7.58. The number of hydrogen-bond acceptors (Lipinski definition) is 3. The lowest BCUT2D eigenvalue weighted by atomic mass is 9.92. The van der Waals surface area contributed by atoms with Crippen molar-refractivity contribution in [2.75, 3.05) is 18.5 Å². The molecule has 2 aromatic rings. The molecular formula is C20H30N4O2. The molecule has 26 heavy (non-hydrogen) atoms. The SMILES string of the molecule is Cc1ccc(-n2nc(C(C)(C)C)cc2NC(=O)NCCCCCO)cc1. The number of aromatic nitrogens is 2. The quantitative estimate of drug-likeness (QED) is 0.659. The summed E-state index contributed by atoms with van der Waals surface area (Å²) in [5, 5.41) is 19.2. The van der Waals surface area contributed by atoms with Gasteiger partial charge in [0.25, 0.3) is 0 Å². The molecule has 0 aliphatic carbocycles. The minimum absolute atomic E-state index is 0.118. The zero-order valence-electron chi connectivity index (χ0n) is 16.2. The predicted octanol–water partition coefficient (Wildman–Crippen LogP) is 3.76. The van der Waals surface area contributed by atoms with Gasteiger partial charge in [0.05, 0.1) is 11.4 Å². The van der Waals surface area contributed by atoms with Crippen LogP contribution in [0.4, 0.5) is 10.6 Å². The molecule has 0 aliphatic rings. The first kappa shape index (κ1) is 20.0. The Morgan fingerprint density at radius 1 is 1.15 bits per heavy atom. The lowest BCUT2D eigenvalue weighted by Crippen LogP contribution is -2.30. The minimum Gasteiger partial charge on any atom is -0.396 e. The number of rotatable bonds is 7. The number of carbonyl (C=O) groups is 1. The van der Waals surface area contributed by atoms with E-state index in [1.54, 1.807) is 4.68 Å². The molecule has 0 atom stereocenters. The zero-order chi connectivity index (χ0) is 19.2. The summed E-state index contributed by atoms with van der Waals surface area (Å²) < 4.78 is 1.77. The van der Waals surface area contributed by atoms with Crippen LogP contribution < -0.4 is 10.6 Å². The minimum atomic E-state index is -0.247. The van der Waals surface area contributed by atoms with Crippen molar-refractivity contribution >= 4 is 11.8 Å². The third-order valence-corrected chi connectivity index (χ3v) is 4.12. The molecule has 0 radical (unpaired) electrons. The highest BCUT2D eigenvalue weighted by atomic mass is 16.2. The first-order valence-electron chi connectivity index (χ1n) is 9.14. The normalized spacial score (nSPS) is 11.4. The molecule has 3 N–H and O–H groups in total. The van der Waals surface area contributed by atoms with E-state index in [0.29, 0.717) is 12.4 Å². The number of unbranched alkanes of at least 4 members (excludes halogenated alkanes) is 2. The number of nitrogens with one attached hydrogen (secondary N) is 2. The highest BCUT2D eigenvalue weighted by molar-refractivity contribution is 5.88. The van der Waals surface area contributed by atoms with Crippen molar-refractivity contribution in [1.29, 1.82) is 0 Å². The highest BCUT2D eigenvalue weighted by Crippen LogP contribution is 2.26. The molecule has 142 valence electrons. The summed E-state index contributed by atoms with van der Waals surface area (Å²) in [6.45, 7) is 9.10. The van der Waals surface area contributed by atoms with Crippen LogP contribution in [0.15, 0.2) is 30.3 Å². The summed E-state index contributed by atoms with van der Waals surface area (Å²) in [6.07, 6.45) is 2.50. The summed E-state index contributed by atoms with van der Waals surface area (Å²) in [4.78, 5) is 12.2. The third-order valence-electron chi connectivity index (χ3n) is 4.12. The van der Waals surface area contributed by atoms with Gasteiger partial charge < -0.3 is 10.4 Å². The Morgan fingerprint density at radius 2 is 1.85 bits per heavy atom. The van der Waals surface area contributed by atoms with Gasteiger partial charge >= 0.3 is 6.03 Å². The van der Waals surface area contributed by atoms with E-state index in [1.807, 2.05) is 37.3 Å². The molecule has 0 saturated heterocycles. The standard InChI is InChI=1S/C20H30N4O2/c1-15-8-10-16(11-9-15)24-18(14-17(23-24)20(2,3)4)22-19(26)21-12-6-5-7-13-25/h8-11,14,25H,5-7,12-13H2,1-4H3,(H2,21,22,26). The number of benzene rings is 1. The van der Waals surface area contributed by atoms with Crippen LogP contribution in [0, 0.1) is 6.92 Å². The van der Waals surface area contributed by atoms with Gasteiger partial charge in [-0.25, -0.2) is 9.48 Å². The van der Waals surface area contributed by atoms with Gasteiger partial charge in [0.2, 0.25) is 0 Å². The lowest BCUT2D eigenvalue weighted by Gasteiger charge is -2.14. The van der Waals surface area contributed by atoms with Crippen LogP contribution in [-0.4, -0.2) is 34.1 Å². The molecule has 0 fully saturated rings. The molecule has 1 aromatic heterocycles. The molecule has 0 saturated carbocycles. The van der Waals surface area contributed by atoms with Crippen LogP contribution in [0.5, 0.6) is 0 Å². The summed E-state index contributed by atoms with van der Waals surface area (Å²) in [5.41, 5.74) is 2.88. The molecule has 1 aromatic carbocycles. The van der Waals surface area contributed by atoms with Gasteiger partial charge in [-0.05, 0) is 38.3 Å². The van der Waals surface area contributed by atoms with Gasteiger partial charge in [-0.2, -0.15) is 5.10 Å². The summed E-state index contributed by atoms with van der Waals surface area (Å²) in [6, 6.07) is 9.71. The fourth-order valence-electron chi connectivity index (χ4n) is 2.50. The Hall–Kier alpha value is -2.34. The molecule has 6 nitrogen and oxygen atoms in total. The number of aryl methyl sites for hydroxylation is 1. The van der Waals surface area contributed by atoms with Gasteiger partial charge in [0, 0.05) is 24.6 Å². The van der Waals surface area contributed by atoms with E-state index in [9.17, 15) is 4.79 Å². The van der Waals surface area contributed by atoms with Crippen molar-refractivity contribution in [2.45, 2.75) is 52.4 Å². The van der Waals surface area contributed by atoms with E-state index in [1.165, 1.54) is 5.56 Å². The Labute approximate surface area is 155 Å². The maximum absolute atomic E-state index is 12.2. The predicted molar refractivity (Wildman–Crippen MR) is 105 cm³/mol. The second-order valence-corrected chi connectivity index (χ2v) is 7.58. The number of nitrogens with zero attached hydrogens (tertiary/aromatic N) is 2. The Bertz CT molecular complexity index is 714. The van der Waals surface area contributed by atoms with Gasteiger partial charge in [0.1, 0.15) is 5.82 Å². The van der Waals surface area contributed by atoms with E-state index < -0.39 is 0 Å². The number of aliphatic hydroxyl groups excluding tert-OH is 1. The highest BCUT2D eigenvalue weighted by Gasteiger charge is 2.21. The summed E-state index contributed by atoms with van der Waals surface area (Å²) in [5.74, 6) is 0.645. The first-order valence-corrected chi connectivity index (χ1v) is 9.14. The van der Waals surface area contributed by atoms with E-state index in [0.717, 1.165) is 30.6 Å². The third kappa shape index (κ3) is 5.59.